The predicted octanol–water partition coefficient (Wildman–Crippen LogP) is 3.17. The molecule has 0 saturated carbocycles. The van der Waals surface area contributed by atoms with Crippen LogP contribution >= 0.6 is 0 Å². The molecule has 0 amide bonds. The second-order valence-corrected chi connectivity index (χ2v) is 6.08. The first-order valence-electron chi connectivity index (χ1n) is 7.77. The minimum absolute atomic E-state index is 0.0193. The third kappa shape index (κ3) is 2.55. The number of carbonyl (C=O) groups excluding carboxylic acids is 1. The lowest BCUT2D eigenvalue weighted by Crippen LogP contribution is -2.18. The summed E-state index contributed by atoms with van der Waals surface area (Å²) < 4.78 is 39.6. The monoisotopic (exact) mass is 376 g/mol. The van der Waals surface area contributed by atoms with Gasteiger partial charge in [-0.3, -0.25) is 4.79 Å². The zero-order chi connectivity index (χ0) is 19.5. The molecule has 2 aliphatic rings. The second-order valence-electron chi connectivity index (χ2n) is 6.08. The van der Waals surface area contributed by atoms with Crippen molar-refractivity contribution in [1.29, 1.82) is 0 Å². The van der Waals surface area contributed by atoms with E-state index in [0.29, 0.717) is 5.69 Å². The Morgan fingerprint density at radius 1 is 1.11 bits per heavy atom. The summed E-state index contributed by atoms with van der Waals surface area (Å²) in [4.78, 5) is 23.8. The highest BCUT2D eigenvalue weighted by atomic mass is 19.4. The molecule has 1 unspecified atom stereocenters. The zero-order valence-corrected chi connectivity index (χ0v) is 13.4. The Hall–Kier alpha value is -3.33. The maximum Gasteiger partial charge on any atom is 0.418 e. The first-order chi connectivity index (χ1) is 12.7. The van der Waals surface area contributed by atoms with E-state index in [1.165, 1.54) is 30.3 Å². The summed E-state index contributed by atoms with van der Waals surface area (Å²) in [5.74, 6) is -1.82. The molecule has 4 rings (SSSR count). The Kier molecular flexibility index (Phi) is 3.54. The average molecular weight is 376 g/mol. The fraction of sp³-hybridized carbons (Fsp3) is 0.111. The molecule has 1 atom stereocenters. The first-order valence-corrected chi connectivity index (χ1v) is 7.77. The fourth-order valence-electron chi connectivity index (χ4n) is 3.29. The van der Waals surface area contributed by atoms with Crippen molar-refractivity contribution in [2.24, 2.45) is 0 Å². The first kappa shape index (κ1) is 17.1. The number of Topliss-reactive ketones (excluding diaryl/α,β-unsaturated/α-hetero) is 1. The lowest BCUT2D eigenvalue weighted by molar-refractivity contribution is -0.137. The SMILES string of the molecule is O=C(O)c1ccc2c(c1)C(=O)/C(=C1\c3cccc(C(F)(F)F)c3NC1O)N2. The van der Waals surface area contributed by atoms with Gasteiger partial charge in [0.15, 0.2) is 6.23 Å². The standard InChI is InChI=1S/C18H11F3N2O4/c19-18(20,21)10-3-1-2-8-12(16(25)23-13(8)10)14-15(24)9-6-7(17(26)27)4-5-11(9)22-14/h1-6,16,22-23,25H,(H,26,27)/b14-12-. The predicted molar refractivity (Wildman–Crippen MR) is 89.3 cm³/mol. The number of benzene rings is 2. The number of halogens is 3. The van der Waals surface area contributed by atoms with Crippen molar-refractivity contribution in [3.05, 3.63) is 64.3 Å². The number of aromatic carboxylic acids is 1. The Bertz CT molecular complexity index is 1040. The van der Waals surface area contributed by atoms with Crippen molar-refractivity contribution in [3.8, 4) is 0 Å². The van der Waals surface area contributed by atoms with Crippen LogP contribution in [-0.4, -0.2) is 28.2 Å². The van der Waals surface area contributed by atoms with E-state index in [0.717, 1.165) is 6.07 Å². The van der Waals surface area contributed by atoms with Crippen molar-refractivity contribution in [2.45, 2.75) is 12.4 Å². The van der Waals surface area contributed by atoms with Crippen molar-refractivity contribution in [2.75, 3.05) is 10.6 Å². The highest BCUT2D eigenvalue weighted by Gasteiger charge is 2.41. The summed E-state index contributed by atoms with van der Waals surface area (Å²) in [6, 6.07) is 7.32. The van der Waals surface area contributed by atoms with Gasteiger partial charge in [-0.25, -0.2) is 4.79 Å². The largest absolute Gasteiger partial charge is 0.478 e. The molecule has 9 heteroatoms. The third-order valence-corrected chi connectivity index (χ3v) is 4.48. The summed E-state index contributed by atoms with van der Waals surface area (Å²) in [6.45, 7) is 0. The number of hydrogen-bond donors (Lipinski definition) is 4. The number of ketones is 1. The van der Waals surface area contributed by atoms with Crippen molar-refractivity contribution in [1.82, 2.24) is 0 Å². The van der Waals surface area contributed by atoms with Crippen LogP contribution in [-0.2, 0) is 6.18 Å². The van der Waals surface area contributed by atoms with E-state index in [4.69, 9.17) is 5.11 Å². The van der Waals surface area contributed by atoms with Crippen LogP contribution in [0.5, 0.6) is 0 Å². The zero-order valence-electron chi connectivity index (χ0n) is 13.4. The topological polar surface area (TPSA) is 98.7 Å². The second kappa shape index (κ2) is 5.58. The van der Waals surface area contributed by atoms with Gasteiger partial charge in [0.25, 0.3) is 0 Å². The Labute approximate surface area is 149 Å². The van der Waals surface area contributed by atoms with Crippen LogP contribution in [0.1, 0.15) is 31.8 Å². The van der Waals surface area contributed by atoms with Crippen molar-refractivity contribution in [3.63, 3.8) is 0 Å². The van der Waals surface area contributed by atoms with Crippen LogP contribution in [0.3, 0.4) is 0 Å². The van der Waals surface area contributed by atoms with Gasteiger partial charge in [-0.15, -0.1) is 0 Å². The number of anilines is 2. The summed E-state index contributed by atoms with van der Waals surface area (Å²) in [5, 5.41) is 24.5. The smallest absolute Gasteiger partial charge is 0.418 e. The van der Waals surface area contributed by atoms with Crippen molar-refractivity contribution >= 4 is 28.7 Å². The lowest BCUT2D eigenvalue weighted by atomic mass is 9.99. The Morgan fingerprint density at radius 2 is 1.85 bits per heavy atom. The molecule has 2 aromatic rings. The molecule has 2 aliphatic heterocycles. The van der Waals surface area contributed by atoms with Crippen LogP contribution in [0, 0.1) is 0 Å². The van der Waals surface area contributed by atoms with E-state index in [1.807, 2.05) is 0 Å². The number of aliphatic hydroxyl groups excluding tert-OH is 1. The minimum Gasteiger partial charge on any atom is -0.478 e. The molecule has 0 radical (unpaired) electrons. The number of fused-ring (bicyclic) bond motifs is 2. The van der Waals surface area contributed by atoms with Gasteiger partial charge in [0.2, 0.25) is 5.78 Å². The van der Waals surface area contributed by atoms with Gasteiger partial charge in [-0.2, -0.15) is 13.2 Å². The molecule has 0 spiro atoms. The number of carboxylic acid groups (broad SMARTS) is 1. The molecule has 0 aromatic heterocycles. The molecule has 138 valence electrons. The number of para-hydroxylation sites is 1. The molecule has 0 fully saturated rings. The molecule has 0 saturated heterocycles. The van der Waals surface area contributed by atoms with Gasteiger partial charge < -0.3 is 20.8 Å². The van der Waals surface area contributed by atoms with Gasteiger partial charge >= 0.3 is 12.1 Å². The quantitative estimate of drug-likeness (QED) is 0.571. The van der Waals surface area contributed by atoms with E-state index < -0.39 is 29.7 Å². The Balaban J connectivity index is 1.87. The van der Waals surface area contributed by atoms with Crippen LogP contribution in [0.2, 0.25) is 0 Å². The van der Waals surface area contributed by atoms with E-state index >= 15 is 0 Å². The van der Waals surface area contributed by atoms with Crippen LogP contribution < -0.4 is 10.6 Å². The van der Waals surface area contributed by atoms with E-state index in [-0.39, 0.29) is 33.6 Å². The summed E-state index contributed by atoms with van der Waals surface area (Å²) in [6.07, 6.45) is -6.16. The summed E-state index contributed by atoms with van der Waals surface area (Å²) >= 11 is 0. The highest BCUT2D eigenvalue weighted by molar-refractivity contribution is 6.23. The number of aliphatic hydroxyl groups is 1. The molecular weight excluding hydrogens is 365 g/mol. The molecule has 2 aromatic carbocycles. The number of hydrogen-bond acceptors (Lipinski definition) is 5. The molecule has 4 N–H and O–H groups in total. The summed E-state index contributed by atoms with van der Waals surface area (Å²) in [5.41, 5.74) is -1.02. The van der Waals surface area contributed by atoms with E-state index in [2.05, 4.69) is 10.6 Å². The van der Waals surface area contributed by atoms with Crippen molar-refractivity contribution < 1.29 is 33.0 Å². The van der Waals surface area contributed by atoms with Crippen LogP contribution in [0.4, 0.5) is 24.5 Å². The average Bonchev–Trinajstić information content (AvgIpc) is 3.09. The number of allylic oxidation sites excluding steroid dienone is 1. The molecule has 2 heterocycles. The van der Waals surface area contributed by atoms with Gasteiger partial charge in [-0.1, -0.05) is 12.1 Å². The normalized spacial score (nSPS) is 20.7. The number of alkyl halides is 3. The van der Waals surface area contributed by atoms with Gasteiger partial charge in [0.1, 0.15) is 0 Å². The number of rotatable bonds is 1. The lowest BCUT2D eigenvalue weighted by Gasteiger charge is -2.11. The molecule has 0 bridgehead atoms. The number of carbonyl (C=O) groups is 2. The maximum atomic E-state index is 13.2. The van der Waals surface area contributed by atoms with Gasteiger partial charge in [0, 0.05) is 22.4 Å². The molecular formula is C18H11F3N2O4. The maximum absolute atomic E-state index is 13.2. The van der Waals surface area contributed by atoms with E-state index in [1.54, 1.807) is 0 Å². The summed E-state index contributed by atoms with van der Waals surface area (Å²) in [7, 11) is 0. The van der Waals surface area contributed by atoms with Crippen LogP contribution in [0.15, 0.2) is 42.1 Å². The third-order valence-electron chi connectivity index (χ3n) is 4.48. The molecule has 6 nitrogen and oxygen atoms in total. The van der Waals surface area contributed by atoms with Gasteiger partial charge in [-0.05, 0) is 24.3 Å². The number of nitrogens with one attached hydrogen (secondary N) is 2. The Morgan fingerprint density at radius 3 is 2.52 bits per heavy atom. The fourth-order valence-corrected chi connectivity index (χ4v) is 3.29. The molecule has 0 aliphatic carbocycles. The van der Waals surface area contributed by atoms with E-state index in [9.17, 15) is 27.9 Å². The van der Waals surface area contributed by atoms with Gasteiger partial charge in [0.05, 0.1) is 22.5 Å². The minimum atomic E-state index is -4.63. The number of carboxylic acids is 1. The van der Waals surface area contributed by atoms with Crippen LogP contribution in [0.25, 0.3) is 5.57 Å². The molecule has 27 heavy (non-hydrogen) atoms. The highest BCUT2D eigenvalue weighted by Crippen LogP contribution is 2.46.